The zero-order valence-electron chi connectivity index (χ0n) is 8.28. The smallest absolute Gasteiger partial charge is 0.288 e. The molecule has 0 aliphatic carbocycles. The van der Waals surface area contributed by atoms with E-state index in [1.165, 1.54) is 6.33 Å². The van der Waals surface area contributed by atoms with Gasteiger partial charge >= 0.3 is 0 Å². The van der Waals surface area contributed by atoms with E-state index in [0.29, 0.717) is 0 Å². The van der Waals surface area contributed by atoms with Crippen LogP contribution in [-0.4, -0.2) is 38.6 Å². The van der Waals surface area contributed by atoms with E-state index in [1.54, 1.807) is 11.8 Å². The van der Waals surface area contributed by atoms with Gasteiger partial charge in [0.25, 0.3) is 5.91 Å². The number of H-pyrrole nitrogens is 1. The van der Waals surface area contributed by atoms with E-state index in [0.717, 1.165) is 11.5 Å². The molecule has 0 aliphatic rings. The van der Waals surface area contributed by atoms with E-state index < -0.39 is 0 Å². The molecule has 0 bridgehead atoms. The first-order chi connectivity index (χ1) is 6.74. The highest BCUT2D eigenvalue weighted by Crippen LogP contribution is 2.01. The Morgan fingerprint density at radius 3 is 3.14 bits per heavy atom. The van der Waals surface area contributed by atoms with Crippen molar-refractivity contribution in [3.05, 3.63) is 12.2 Å². The summed E-state index contributed by atoms with van der Waals surface area (Å²) in [6.45, 7) is 4.06. The monoisotopic (exact) mass is 214 g/mol. The van der Waals surface area contributed by atoms with Crippen molar-refractivity contribution < 1.29 is 4.79 Å². The lowest BCUT2D eigenvalue weighted by molar-refractivity contribution is 0.0933. The second kappa shape index (κ2) is 5.64. The normalized spacial score (nSPS) is 12.4. The van der Waals surface area contributed by atoms with Gasteiger partial charge < -0.3 is 5.32 Å². The fraction of sp³-hybridized carbons (Fsp3) is 0.625. The van der Waals surface area contributed by atoms with Crippen LogP contribution < -0.4 is 5.32 Å². The molecule has 0 spiro atoms. The molecule has 6 heteroatoms. The Morgan fingerprint density at radius 2 is 2.57 bits per heavy atom. The zero-order valence-corrected chi connectivity index (χ0v) is 9.10. The Balaban J connectivity index is 2.34. The van der Waals surface area contributed by atoms with Crippen LogP contribution in [0.5, 0.6) is 0 Å². The Morgan fingerprint density at radius 1 is 1.79 bits per heavy atom. The molecule has 5 nitrogen and oxygen atoms in total. The van der Waals surface area contributed by atoms with Crippen LogP contribution in [0.25, 0.3) is 0 Å². The minimum atomic E-state index is -0.202. The molecule has 1 amide bonds. The second-order valence-electron chi connectivity index (χ2n) is 2.87. The first kappa shape index (κ1) is 11.0. The van der Waals surface area contributed by atoms with Gasteiger partial charge in [0.05, 0.1) is 0 Å². The summed E-state index contributed by atoms with van der Waals surface area (Å²) in [7, 11) is 0. The van der Waals surface area contributed by atoms with Gasteiger partial charge in [0.15, 0.2) is 0 Å². The fourth-order valence-corrected chi connectivity index (χ4v) is 1.62. The van der Waals surface area contributed by atoms with Gasteiger partial charge in [-0.3, -0.25) is 9.89 Å². The molecule has 0 saturated heterocycles. The number of nitrogens with one attached hydrogen (secondary N) is 2. The highest BCUT2D eigenvalue weighted by molar-refractivity contribution is 7.99. The van der Waals surface area contributed by atoms with Crippen molar-refractivity contribution in [3.8, 4) is 0 Å². The number of rotatable bonds is 5. The van der Waals surface area contributed by atoms with Gasteiger partial charge in [-0.1, -0.05) is 6.92 Å². The third kappa shape index (κ3) is 3.37. The summed E-state index contributed by atoms with van der Waals surface area (Å²) in [6.07, 6.45) is 1.32. The van der Waals surface area contributed by atoms with E-state index in [1.807, 2.05) is 6.92 Å². The molecule has 0 saturated carbocycles. The first-order valence-corrected chi connectivity index (χ1v) is 5.63. The molecule has 78 valence electrons. The van der Waals surface area contributed by atoms with Crippen LogP contribution in [0, 0.1) is 0 Å². The Kier molecular flexibility index (Phi) is 4.45. The molecule has 1 unspecified atom stereocenters. The number of carbonyl (C=O) groups excluding carboxylic acids is 1. The number of carbonyl (C=O) groups is 1. The van der Waals surface area contributed by atoms with Gasteiger partial charge in [0, 0.05) is 11.8 Å². The summed E-state index contributed by atoms with van der Waals surface area (Å²) < 4.78 is 0. The van der Waals surface area contributed by atoms with Gasteiger partial charge in [0.1, 0.15) is 6.33 Å². The summed E-state index contributed by atoms with van der Waals surface area (Å²) in [6, 6.07) is 0.151. The predicted molar refractivity (Wildman–Crippen MR) is 56.3 cm³/mol. The lowest BCUT2D eigenvalue weighted by Gasteiger charge is -2.11. The molecular weight excluding hydrogens is 200 g/mol. The molecule has 1 atom stereocenters. The fourth-order valence-electron chi connectivity index (χ4n) is 0.943. The molecule has 0 fully saturated rings. The van der Waals surface area contributed by atoms with E-state index in [2.05, 4.69) is 27.4 Å². The van der Waals surface area contributed by atoms with Crippen LogP contribution in [-0.2, 0) is 0 Å². The number of thioether (sulfide) groups is 1. The molecule has 1 aromatic heterocycles. The van der Waals surface area contributed by atoms with Crippen molar-refractivity contribution in [3.63, 3.8) is 0 Å². The summed E-state index contributed by atoms with van der Waals surface area (Å²) >= 11 is 1.79. The van der Waals surface area contributed by atoms with E-state index in [9.17, 15) is 4.79 Å². The predicted octanol–water partition coefficient (Wildman–Crippen LogP) is 0.676. The standard InChI is InChI=1S/C8H14N4OS/c1-3-14-4-6(2)11-8(13)7-9-5-10-12-7/h5-6H,3-4H2,1-2H3,(H,11,13)(H,9,10,12). The van der Waals surface area contributed by atoms with Crippen LogP contribution in [0.15, 0.2) is 6.33 Å². The molecule has 0 radical (unpaired) electrons. The van der Waals surface area contributed by atoms with E-state index in [4.69, 9.17) is 0 Å². The minimum absolute atomic E-state index is 0.151. The van der Waals surface area contributed by atoms with Crippen molar-refractivity contribution in [2.75, 3.05) is 11.5 Å². The molecule has 14 heavy (non-hydrogen) atoms. The Labute approximate surface area is 87.1 Å². The molecular formula is C8H14N4OS. The van der Waals surface area contributed by atoms with E-state index >= 15 is 0 Å². The number of nitrogens with zero attached hydrogens (tertiary/aromatic N) is 2. The van der Waals surface area contributed by atoms with Crippen LogP contribution in [0.1, 0.15) is 24.5 Å². The summed E-state index contributed by atoms with van der Waals surface area (Å²) in [5.41, 5.74) is 0. The van der Waals surface area contributed by atoms with Crippen molar-refractivity contribution in [1.82, 2.24) is 20.5 Å². The number of hydrogen-bond acceptors (Lipinski definition) is 4. The van der Waals surface area contributed by atoms with Gasteiger partial charge in [-0.25, -0.2) is 4.98 Å². The van der Waals surface area contributed by atoms with Crippen molar-refractivity contribution in [2.24, 2.45) is 0 Å². The Hall–Kier alpha value is -1.04. The maximum atomic E-state index is 11.4. The summed E-state index contributed by atoms with van der Waals surface area (Å²) in [4.78, 5) is 15.2. The maximum absolute atomic E-state index is 11.4. The van der Waals surface area contributed by atoms with Gasteiger partial charge in [-0.05, 0) is 12.7 Å². The number of amides is 1. The van der Waals surface area contributed by atoms with Crippen LogP contribution in [0.3, 0.4) is 0 Å². The Bertz CT molecular complexity index is 275. The lowest BCUT2D eigenvalue weighted by Crippen LogP contribution is -2.34. The van der Waals surface area contributed by atoms with Crippen LogP contribution in [0.2, 0.25) is 0 Å². The number of aromatic amines is 1. The minimum Gasteiger partial charge on any atom is -0.346 e. The van der Waals surface area contributed by atoms with Gasteiger partial charge in [0.2, 0.25) is 5.82 Å². The molecule has 0 aliphatic heterocycles. The lowest BCUT2D eigenvalue weighted by atomic mass is 10.4. The summed E-state index contributed by atoms with van der Waals surface area (Å²) in [5, 5.41) is 8.95. The van der Waals surface area contributed by atoms with Crippen molar-refractivity contribution in [1.29, 1.82) is 0 Å². The largest absolute Gasteiger partial charge is 0.346 e. The van der Waals surface area contributed by atoms with Crippen molar-refractivity contribution >= 4 is 17.7 Å². The SMILES string of the molecule is CCSCC(C)NC(=O)c1ncn[nH]1. The zero-order chi connectivity index (χ0) is 10.4. The topological polar surface area (TPSA) is 70.7 Å². The third-order valence-corrected chi connectivity index (χ3v) is 2.72. The van der Waals surface area contributed by atoms with Crippen LogP contribution >= 0.6 is 11.8 Å². The van der Waals surface area contributed by atoms with Crippen molar-refractivity contribution in [2.45, 2.75) is 19.9 Å². The number of hydrogen-bond donors (Lipinski definition) is 2. The molecule has 1 rings (SSSR count). The van der Waals surface area contributed by atoms with Gasteiger partial charge in [-0.15, -0.1) is 0 Å². The molecule has 1 heterocycles. The number of aromatic nitrogens is 3. The molecule has 1 aromatic rings. The first-order valence-electron chi connectivity index (χ1n) is 4.48. The maximum Gasteiger partial charge on any atom is 0.288 e. The van der Waals surface area contributed by atoms with Gasteiger partial charge in [-0.2, -0.15) is 16.9 Å². The quantitative estimate of drug-likeness (QED) is 0.756. The molecule has 0 aromatic carbocycles. The molecule has 2 N–H and O–H groups in total. The third-order valence-electron chi connectivity index (χ3n) is 1.58. The highest BCUT2D eigenvalue weighted by atomic mass is 32.2. The van der Waals surface area contributed by atoms with Crippen LogP contribution in [0.4, 0.5) is 0 Å². The average molecular weight is 214 g/mol. The summed E-state index contributed by atoms with van der Waals surface area (Å²) in [5.74, 6) is 2.03. The average Bonchev–Trinajstić information content (AvgIpc) is 2.67. The highest BCUT2D eigenvalue weighted by Gasteiger charge is 2.11. The van der Waals surface area contributed by atoms with E-state index in [-0.39, 0.29) is 17.8 Å². The second-order valence-corrected chi connectivity index (χ2v) is 4.19.